The predicted molar refractivity (Wildman–Crippen MR) is 97.7 cm³/mol. The highest BCUT2D eigenvalue weighted by molar-refractivity contribution is 7.18. The molecule has 0 fully saturated rings. The number of hydrogen-bond donors (Lipinski definition) is 2. The third-order valence-corrected chi connectivity index (χ3v) is 4.53. The van der Waals surface area contributed by atoms with Crippen LogP contribution < -0.4 is 10.1 Å². The van der Waals surface area contributed by atoms with Gasteiger partial charge < -0.3 is 15.2 Å². The molecule has 0 aliphatic heterocycles. The van der Waals surface area contributed by atoms with Crippen molar-refractivity contribution in [2.45, 2.75) is 0 Å². The van der Waals surface area contributed by atoms with Crippen LogP contribution in [0.1, 0.15) is 10.4 Å². The van der Waals surface area contributed by atoms with Crippen molar-refractivity contribution in [2.75, 3.05) is 11.9 Å². The lowest BCUT2D eigenvalue weighted by atomic mass is 10.1. The summed E-state index contributed by atoms with van der Waals surface area (Å²) in [5.41, 5.74) is 2.02. The van der Waals surface area contributed by atoms with Crippen LogP contribution in [0.5, 0.6) is 5.06 Å². The van der Waals surface area contributed by atoms with Gasteiger partial charge in [-0.3, -0.25) is 4.79 Å². The van der Waals surface area contributed by atoms with Gasteiger partial charge in [0.2, 0.25) is 5.06 Å². The second-order valence-corrected chi connectivity index (χ2v) is 6.20. The number of rotatable bonds is 6. The molecule has 3 rings (SSSR count). The Hall–Kier alpha value is -3.12. The second-order valence-electron chi connectivity index (χ2n) is 5.19. The summed E-state index contributed by atoms with van der Waals surface area (Å²) in [6.45, 7) is 0.0466. The van der Waals surface area contributed by atoms with E-state index in [9.17, 15) is 9.59 Å². The Kier molecular flexibility index (Phi) is 5.11. The first-order valence-corrected chi connectivity index (χ1v) is 8.37. The summed E-state index contributed by atoms with van der Waals surface area (Å²) in [5, 5.41) is 12.1. The fourth-order valence-corrected chi connectivity index (χ4v) is 3.28. The molecule has 126 valence electrons. The summed E-state index contributed by atoms with van der Waals surface area (Å²) in [7, 11) is 0. The zero-order valence-corrected chi connectivity index (χ0v) is 14.0. The van der Waals surface area contributed by atoms with E-state index in [0.29, 0.717) is 11.3 Å². The molecule has 6 heteroatoms. The summed E-state index contributed by atoms with van der Waals surface area (Å²) in [6.07, 6.45) is -1.39. The number of hydrogen-bond acceptors (Lipinski definition) is 5. The zero-order chi connectivity index (χ0) is 17.6. The average Bonchev–Trinajstić information content (AvgIpc) is 3.03. The highest BCUT2D eigenvalue weighted by Gasteiger charge is 2.16. The van der Waals surface area contributed by atoms with Crippen LogP contribution in [0, 0.1) is 0 Å². The van der Waals surface area contributed by atoms with Gasteiger partial charge in [0.15, 0.2) is 5.78 Å². The molecule has 0 spiro atoms. The Labute approximate surface area is 148 Å². The molecule has 0 bridgehead atoms. The van der Waals surface area contributed by atoms with Crippen LogP contribution in [0.4, 0.5) is 10.5 Å². The van der Waals surface area contributed by atoms with Gasteiger partial charge >= 0.3 is 6.16 Å². The molecule has 3 aromatic rings. The van der Waals surface area contributed by atoms with E-state index in [2.05, 4.69) is 5.32 Å². The predicted octanol–water partition coefficient (Wildman–Crippen LogP) is 4.77. The van der Waals surface area contributed by atoms with E-state index in [1.807, 2.05) is 36.4 Å². The van der Waals surface area contributed by atoms with E-state index in [-0.39, 0.29) is 17.4 Å². The maximum atomic E-state index is 12.2. The molecule has 0 unspecified atom stereocenters. The zero-order valence-electron chi connectivity index (χ0n) is 13.1. The summed E-state index contributed by atoms with van der Waals surface area (Å²) in [6, 6.07) is 20.3. The fraction of sp³-hybridized carbons (Fsp3) is 0.0526. The SMILES string of the molecule is O=C(O)Oc1sc(-c2ccccc2)cc1NCC(=O)c1ccccc1. The van der Waals surface area contributed by atoms with Crippen molar-refractivity contribution in [3.05, 3.63) is 72.3 Å². The molecular formula is C19H15NO4S. The lowest BCUT2D eigenvalue weighted by Crippen LogP contribution is -2.14. The lowest BCUT2D eigenvalue weighted by molar-refractivity contribution is 0.101. The van der Waals surface area contributed by atoms with Gasteiger partial charge in [0, 0.05) is 10.4 Å². The Morgan fingerprint density at radius 3 is 2.28 bits per heavy atom. The molecule has 0 amide bonds. The van der Waals surface area contributed by atoms with Crippen LogP contribution in [-0.4, -0.2) is 23.6 Å². The first kappa shape index (κ1) is 16.7. The minimum atomic E-state index is -1.39. The smallest absolute Gasteiger partial charge is 0.449 e. The number of benzene rings is 2. The molecule has 0 aliphatic rings. The normalized spacial score (nSPS) is 10.2. The fourth-order valence-electron chi connectivity index (χ4n) is 2.30. The number of carbonyl (C=O) groups is 2. The molecule has 25 heavy (non-hydrogen) atoms. The Morgan fingerprint density at radius 2 is 1.64 bits per heavy atom. The van der Waals surface area contributed by atoms with Crippen LogP contribution in [0.3, 0.4) is 0 Å². The van der Waals surface area contributed by atoms with E-state index in [1.54, 1.807) is 30.3 Å². The van der Waals surface area contributed by atoms with Crippen LogP contribution in [0.2, 0.25) is 0 Å². The van der Waals surface area contributed by atoms with Crippen molar-refractivity contribution in [2.24, 2.45) is 0 Å². The van der Waals surface area contributed by atoms with Crippen molar-refractivity contribution in [1.82, 2.24) is 0 Å². The number of ether oxygens (including phenoxy) is 1. The van der Waals surface area contributed by atoms with Gasteiger partial charge in [-0.2, -0.15) is 0 Å². The van der Waals surface area contributed by atoms with Crippen LogP contribution in [0.25, 0.3) is 10.4 Å². The Morgan fingerprint density at radius 1 is 1.00 bits per heavy atom. The van der Waals surface area contributed by atoms with Crippen LogP contribution >= 0.6 is 11.3 Å². The van der Waals surface area contributed by atoms with Crippen LogP contribution in [0.15, 0.2) is 66.7 Å². The topological polar surface area (TPSA) is 75.6 Å². The van der Waals surface area contributed by atoms with Gasteiger partial charge in [-0.05, 0) is 11.6 Å². The minimum absolute atomic E-state index is 0.0466. The number of carbonyl (C=O) groups excluding carboxylic acids is 1. The van der Waals surface area contributed by atoms with E-state index in [0.717, 1.165) is 10.4 Å². The molecule has 2 aromatic carbocycles. The van der Waals surface area contributed by atoms with E-state index >= 15 is 0 Å². The van der Waals surface area contributed by atoms with Crippen molar-refractivity contribution < 1.29 is 19.4 Å². The maximum absolute atomic E-state index is 12.2. The number of nitrogens with one attached hydrogen (secondary N) is 1. The summed E-state index contributed by atoms with van der Waals surface area (Å²) >= 11 is 1.21. The molecule has 0 atom stereocenters. The van der Waals surface area contributed by atoms with E-state index < -0.39 is 6.16 Å². The number of thiophene rings is 1. The quantitative estimate of drug-likeness (QED) is 0.493. The van der Waals surface area contributed by atoms with E-state index in [1.165, 1.54) is 11.3 Å². The second kappa shape index (κ2) is 7.63. The van der Waals surface area contributed by atoms with Crippen molar-refractivity contribution in [3.63, 3.8) is 0 Å². The molecule has 0 saturated heterocycles. The minimum Gasteiger partial charge on any atom is -0.449 e. The lowest BCUT2D eigenvalue weighted by Gasteiger charge is -2.05. The van der Waals surface area contributed by atoms with Crippen LogP contribution in [-0.2, 0) is 0 Å². The standard InChI is InChI=1S/C19H15NO4S/c21-16(13-7-3-1-4-8-13)12-20-15-11-17(14-9-5-2-6-10-14)25-18(15)24-19(22)23/h1-11,20H,12H2,(H,22,23). The molecule has 2 N–H and O–H groups in total. The van der Waals surface area contributed by atoms with Gasteiger partial charge in [0.05, 0.1) is 12.2 Å². The highest BCUT2D eigenvalue weighted by atomic mass is 32.1. The summed E-state index contributed by atoms with van der Waals surface area (Å²) < 4.78 is 4.85. The molecule has 1 heterocycles. The number of Topliss-reactive ketones (excluding diaryl/α,β-unsaturated/α-hetero) is 1. The largest absolute Gasteiger partial charge is 0.512 e. The third kappa shape index (κ3) is 4.24. The van der Waals surface area contributed by atoms with Crippen molar-refractivity contribution in [1.29, 1.82) is 0 Å². The number of anilines is 1. The highest BCUT2D eigenvalue weighted by Crippen LogP contribution is 2.40. The third-order valence-electron chi connectivity index (χ3n) is 3.47. The monoisotopic (exact) mass is 353 g/mol. The molecule has 0 radical (unpaired) electrons. The first-order chi connectivity index (χ1) is 12.1. The number of carboxylic acid groups (broad SMARTS) is 1. The summed E-state index contributed by atoms with van der Waals surface area (Å²) in [5.74, 6) is -0.0886. The Bertz CT molecular complexity index is 875. The van der Waals surface area contributed by atoms with Gasteiger partial charge in [-0.25, -0.2) is 4.79 Å². The van der Waals surface area contributed by atoms with Gasteiger partial charge in [0.1, 0.15) is 0 Å². The maximum Gasteiger partial charge on any atom is 0.512 e. The van der Waals surface area contributed by atoms with Gasteiger partial charge in [-0.1, -0.05) is 72.0 Å². The first-order valence-electron chi connectivity index (χ1n) is 7.55. The molecule has 0 aliphatic carbocycles. The van der Waals surface area contributed by atoms with Gasteiger partial charge in [0.25, 0.3) is 0 Å². The summed E-state index contributed by atoms with van der Waals surface area (Å²) in [4.78, 5) is 24.0. The molecular weight excluding hydrogens is 338 g/mol. The molecule has 5 nitrogen and oxygen atoms in total. The molecule has 1 aromatic heterocycles. The Balaban J connectivity index is 1.80. The van der Waals surface area contributed by atoms with Gasteiger partial charge in [-0.15, -0.1) is 0 Å². The van der Waals surface area contributed by atoms with Crippen molar-refractivity contribution in [3.8, 4) is 15.5 Å². The van der Waals surface area contributed by atoms with Crippen molar-refractivity contribution >= 4 is 29.0 Å². The molecule has 0 saturated carbocycles. The average molecular weight is 353 g/mol. The number of ketones is 1. The van der Waals surface area contributed by atoms with E-state index in [4.69, 9.17) is 9.84 Å².